The number of H-pyrrole nitrogens is 1. The highest BCUT2D eigenvalue weighted by atomic mass is 19.1. The molecule has 0 saturated heterocycles. The number of hydrogen-bond donors (Lipinski definition) is 1. The van der Waals surface area contributed by atoms with Crippen molar-refractivity contribution in [2.45, 2.75) is 13.3 Å². The topological polar surface area (TPSA) is 28.7 Å². The molecule has 0 saturated carbocycles. The average molecular weight is 164 g/mol. The van der Waals surface area contributed by atoms with Crippen molar-refractivity contribution >= 4 is 10.9 Å². The molecule has 0 spiro atoms. The lowest BCUT2D eigenvalue weighted by molar-refractivity contribution is 0.614. The predicted molar refractivity (Wildman–Crippen MR) is 45.4 cm³/mol. The highest BCUT2D eigenvalue weighted by Gasteiger charge is 2.03. The summed E-state index contributed by atoms with van der Waals surface area (Å²) >= 11 is 0. The molecule has 0 atom stereocenters. The monoisotopic (exact) mass is 164 g/mol. The Morgan fingerprint density at radius 3 is 3.08 bits per heavy atom. The molecule has 2 rings (SSSR count). The van der Waals surface area contributed by atoms with Gasteiger partial charge in [-0.15, -0.1) is 0 Å². The minimum absolute atomic E-state index is 0.147. The number of nitrogens with zero attached hydrogens (tertiary/aromatic N) is 1. The van der Waals surface area contributed by atoms with Crippen LogP contribution in [0.5, 0.6) is 0 Å². The van der Waals surface area contributed by atoms with Crippen LogP contribution in [0.4, 0.5) is 4.39 Å². The summed E-state index contributed by atoms with van der Waals surface area (Å²) in [6.45, 7) is 1.93. The van der Waals surface area contributed by atoms with Gasteiger partial charge in [-0.1, -0.05) is 6.92 Å². The molecule has 1 N–H and O–H groups in total. The van der Waals surface area contributed by atoms with Gasteiger partial charge in [-0.3, -0.25) is 5.10 Å². The lowest BCUT2D eigenvalue weighted by atomic mass is 10.1. The van der Waals surface area contributed by atoms with Gasteiger partial charge in [-0.05, 0) is 24.1 Å². The SMILES string of the molecule is CCc1cc2[nH]ncc2cc1F. The fourth-order valence-corrected chi connectivity index (χ4v) is 1.28. The molecule has 1 aromatic heterocycles. The van der Waals surface area contributed by atoms with Crippen LogP contribution < -0.4 is 0 Å². The summed E-state index contributed by atoms with van der Waals surface area (Å²) in [5.41, 5.74) is 1.63. The van der Waals surface area contributed by atoms with E-state index in [-0.39, 0.29) is 5.82 Å². The quantitative estimate of drug-likeness (QED) is 0.688. The number of halogens is 1. The molecule has 0 fully saturated rings. The van der Waals surface area contributed by atoms with E-state index in [0.29, 0.717) is 6.42 Å². The third-order valence-corrected chi connectivity index (χ3v) is 1.99. The van der Waals surface area contributed by atoms with Crippen LogP contribution >= 0.6 is 0 Å². The predicted octanol–water partition coefficient (Wildman–Crippen LogP) is 2.26. The highest BCUT2D eigenvalue weighted by Crippen LogP contribution is 2.16. The molecule has 2 nitrogen and oxygen atoms in total. The van der Waals surface area contributed by atoms with Crippen LogP contribution in [0, 0.1) is 5.82 Å². The van der Waals surface area contributed by atoms with E-state index in [2.05, 4.69) is 10.2 Å². The second kappa shape index (κ2) is 2.59. The summed E-state index contributed by atoms with van der Waals surface area (Å²) in [4.78, 5) is 0. The van der Waals surface area contributed by atoms with E-state index in [1.54, 1.807) is 12.3 Å². The van der Waals surface area contributed by atoms with Crippen molar-refractivity contribution in [2.75, 3.05) is 0 Å². The molecular weight excluding hydrogens is 155 g/mol. The molecule has 0 aliphatic heterocycles. The van der Waals surface area contributed by atoms with E-state index in [1.807, 2.05) is 6.92 Å². The van der Waals surface area contributed by atoms with Crippen molar-refractivity contribution in [3.05, 3.63) is 29.7 Å². The van der Waals surface area contributed by atoms with Gasteiger partial charge in [0.2, 0.25) is 0 Å². The maximum Gasteiger partial charge on any atom is 0.127 e. The van der Waals surface area contributed by atoms with Gasteiger partial charge >= 0.3 is 0 Å². The molecule has 62 valence electrons. The summed E-state index contributed by atoms with van der Waals surface area (Å²) in [6, 6.07) is 3.31. The maximum atomic E-state index is 13.2. The normalized spacial score (nSPS) is 10.8. The summed E-state index contributed by atoms with van der Waals surface area (Å²) in [7, 11) is 0. The Bertz CT molecular complexity index is 406. The van der Waals surface area contributed by atoms with Crippen LogP contribution in [-0.4, -0.2) is 10.2 Å². The van der Waals surface area contributed by atoms with Crippen LogP contribution in [0.2, 0.25) is 0 Å². The zero-order valence-corrected chi connectivity index (χ0v) is 6.76. The van der Waals surface area contributed by atoms with E-state index < -0.39 is 0 Å². The van der Waals surface area contributed by atoms with Gasteiger partial charge in [0.25, 0.3) is 0 Å². The molecule has 0 radical (unpaired) electrons. The number of benzene rings is 1. The number of hydrogen-bond acceptors (Lipinski definition) is 1. The van der Waals surface area contributed by atoms with E-state index in [4.69, 9.17) is 0 Å². The van der Waals surface area contributed by atoms with Crippen molar-refractivity contribution in [2.24, 2.45) is 0 Å². The third kappa shape index (κ3) is 0.978. The molecule has 2 aromatic rings. The lowest BCUT2D eigenvalue weighted by Crippen LogP contribution is -1.86. The Labute approximate surface area is 69.4 Å². The molecule has 3 heteroatoms. The minimum atomic E-state index is -0.147. The Morgan fingerprint density at radius 1 is 1.50 bits per heavy atom. The Morgan fingerprint density at radius 2 is 2.33 bits per heavy atom. The average Bonchev–Trinajstić information content (AvgIpc) is 2.49. The van der Waals surface area contributed by atoms with Gasteiger partial charge in [0.05, 0.1) is 11.7 Å². The van der Waals surface area contributed by atoms with E-state index >= 15 is 0 Å². The first-order valence-corrected chi connectivity index (χ1v) is 3.92. The van der Waals surface area contributed by atoms with Crippen molar-refractivity contribution in [1.29, 1.82) is 0 Å². The minimum Gasteiger partial charge on any atom is -0.278 e. The highest BCUT2D eigenvalue weighted by molar-refractivity contribution is 5.78. The lowest BCUT2D eigenvalue weighted by Gasteiger charge is -1.98. The van der Waals surface area contributed by atoms with Gasteiger partial charge in [-0.2, -0.15) is 5.10 Å². The van der Waals surface area contributed by atoms with Gasteiger partial charge in [0.15, 0.2) is 0 Å². The van der Waals surface area contributed by atoms with Crippen LogP contribution in [0.1, 0.15) is 12.5 Å². The molecule has 0 aliphatic rings. The summed E-state index contributed by atoms with van der Waals surface area (Å²) in [5, 5.41) is 7.45. The van der Waals surface area contributed by atoms with Crippen LogP contribution in [-0.2, 0) is 6.42 Å². The first-order valence-electron chi connectivity index (χ1n) is 3.92. The molecule has 12 heavy (non-hydrogen) atoms. The molecule has 0 aliphatic carbocycles. The number of fused-ring (bicyclic) bond motifs is 1. The summed E-state index contributed by atoms with van der Waals surface area (Å²) in [6.07, 6.45) is 2.33. The molecule has 0 amide bonds. The zero-order chi connectivity index (χ0) is 8.55. The Hall–Kier alpha value is -1.38. The molecule has 0 bridgehead atoms. The Balaban J connectivity index is 2.73. The molecule has 0 unspecified atom stereocenters. The number of aromatic nitrogens is 2. The van der Waals surface area contributed by atoms with Gasteiger partial charge < -0.3 is 0 Å². The van der Waals surface area contributed by atoms with E-state index in [9.17, 15) is 4.39 Å². The van der Waals surface area contributed by atoms with Crippen LogP contribution in [0.3, 0.4) is 0 Å². The van der Waals surface area contributed by atoms with Gasteiger partial charge in [-0.25, -0.2) is 4.39 Å². The molecular formula is C9H9FN2. The van der Waals surface area contributed by atoms with Crippen molar-refractivity contribution in [1.82, 2.24) is 10.2 Å². The summed E-state index contributed by atoms with van der Waals surface area (Å²) < 4.78 is 13.2. The number of rotatable bonds is 1. The molecule has 1 heterocycles. The van der Waals surface area contributed by atoms with E-state index in [0.717, 1.165) is 16.5 Å². The second-order valence-corrected chi connectivity index (χ2v) is 2.75. The fraction of sp³-hybridized carbons (Fsp3) is 0.222. The number of nitrogens with one attached hydrogen (secondary N) is 1. The number of aromatic amines is 1. The first kappa shape index (κ1) is 7.28. The van der Waals surface area contributed by atoms with Gasteiger partial charge in [0, 0.05) is 5.39 Å². The maximum absolute atomic E-state index is 13.2. The standard InChI is InChI=1S/C9H9FN2/c1-2-6-4-9-7(3-8(6)10)5-11-12-9/h3-5H,2H2,1H3,(H,11,12). The Kier molecular flexibility index (Phi) is 1.57. The fourth-order valence-electron chi connectivity index (χ4n) is 1.28. The first-order chi connectivity index (χ1) is 5.81. The second-order valence-electron chi connectivity index (χ2n) is 2.75. The van der Waals surface area contributed by atoms with Crippen molar-refractivity contribution in [3.8, 4) is 0 Å². The van der Waals surface area contributed by atoms with E-state index in [1.165, 1.54) is 6.07 Å². The van der Waals surface area contributed by atoms with Gasteiger partial charge in [0.1, 0.15) is 5.82 Å². The third-order valence-electron chi connectivity index (χ3n) is 1.99. The summed E-state index contributed by atoms with van der Waals surface area (Å²) in [5.74, 6) is -0.147. The van der Waals surface area contributed by atoms with Crippen LogP contribution in [0.15, 0.2) is 18.3 Å². The van der Waals surface area contributed by atoms with Crippen molar-refractivity contribution < 1.29 is 4.39 Å². The molecule has 1 aromatic carbocycles. The number of aryl methyl sites for hydroxylation is 1. The van der Waals surface area contributed by atoms with Crippen LogP contribution in [0.25, 0.3) is 10.9 Å². The smallest absolute Gasteiger partial charge is 0.127 e. The largest absolute Gasteiger partial charge is 0.278 e. The zero-order valence-electron chi connectivity index (χ0n) is 6.76. The van der Waals surface area contributed by atoms with Crippen molar-refractivity contribution in [3.63, 3.8) is 0 Å².